The first-order valence-electron chi connectivity index (χ1n) is 10.5. The average molecular weight is 405 g/mol. The van der Waals surface area contributed by atoms with Crippen molar-refractivity contribution in [3.05, 3.63) is 84.1 Å². The summed E-state index contributed by atoms with van der Waals surface area (Å²) in [5.74, 6) is 0.299. The van der Waals surface area contributed by atoms with E-state index in [1.165, 1.54) is 5.56 Å². The third-order valence-electron chi connectivity index (χ3n) is 5.61. The molecule has 2 aromatic carbocycles. The van der Waals surface area contributed by atoms with E-state index >= 15 is 0 Å². The Bertz CT molecular complexity index is 896. The highest BCUT2D eigenvalue weighted by molar-refractivity contribution is 5.97. The number of amides is 1. The van der Waals surface area contributed by atoms with E-state index in [4.69, 9.17) is 4.74 Å². The third-order valence-corrected chi connectivity index (χ3v) is 5.61. The van der Waals surface area contributed by atoms with Crippen LogP contribution in [0, 0.1) is 5.92 Å². The molecule has 1 amide bonds. The topological polar surface area (TPSA) is 32.8 Å². The van der Waals surface area contributed by atoms with Gasteiger partial charge in [-0.05, 0) is 53.3 Å². The number of benzene rings is 2. The van der Waals surface area contributed by atoms with E-state index in [2.05, 4.69) is 73.9 Å². The quantitative estimate of drug-likeness (QED) is 0.609. The first kappa shape index (κ1) is 21.7. The van der Waals surface area contributed by atoms with E-state index in [9.17, 15) is 4.79 Å². The largest absolute Gasteiger partial charge is 0.501 e. The van der Waals surface area contributed by atoms with Gasteiger partial charge in [-0.25, -0.2) is 0 Å². The van der Waals surface area contributed by atoms with Crippen molar-refractivity contribution in [1.29, 1.82) is 0 Å². The van der Waals surface area contributed by atoms with Crippen LogP contribution < -0.4 is 9.80 Å². The summed E-state index contributed by atoms with van der Waals surface area (Å²) in [6, 6.07) is 16.7. The second-order valence-corrected chi connectivity index (χ2v) is 8.27. The van der Waals surface area contributed by atoms with Crippen molar-refractivity contribution in [3.8, 4) is 0 Å². The molecule has 1 aliphatic rings. The second kappa shape index (κ2) is 9.66. The summed E-state index contributed by atoms with van der Waals surface area (Å²) < 4.78 is 5.43. The molecule has 4 heteroatoms. The Morgan fingerprint density at radius 3 is 2.30 bits per heavy atom. The monoisotopic (exact) mass is 404 g/mol. The van der Waals surface area contributed by atoms with Crippen LogP contribution in [0.15, 0.2) is 73.0 Å². The van der Waals surface area contributed by atoms with Gasteiger partial charge in [0.15, 0.2) is 0 Å². The molecule has 1 unspecified atom stereocenters. The number of carbonyl (C=O) groups excluding carboxylic acids is 1. The molecule has 3 rings (SSSR count). The molecule has 4 nitrogen and oxygen atoms in total. The number of rotatable bonds is 7. The minimum absolute atomic E-state index is 0.0819. The molecule has 0 aromatic heterocycles. The molecule has 158 valence electrons. The van der Waals surface area contributed by atoms with Crippen LogP contribution in [0.5, 0.6) is 0 Å². The van der Waals surface area contributed by atoms with Crippen LogP contribution in [0.3, 0.4) is 0 Å². The zero-order chi connectivity index (χ0) is 21.7. The molecule has 0 radical (unpaired) electrons. The lowest BCUT2D eigenvalue weighted by Gasteiger charge is -2.30. The lowest BCUT2D eigenvalue weighted by molar-refractivity contribution is -0.122. The van der Waals surface area contributed by atoms with E-state index in [-0.39, 0.29) is 11.8 Å². The van der Waals surface area contributed by atoms with Crippen LogP contribution in [-0.2, 0) is 16.1 Å². The number of allylic oxidation sites excluding steroid dienone is 1. The summed E-state index contributed by atoms with van der Waals surface area (Å²) in [6.07, 6.45) is 4.06. The van der Waals surface area contributed by atoms with E-state index in [0.717, 1.165) is 22.5 Å². The van der Waals surface area contributed by atoms with Gasteiger partial charge in [0.05, 0.1) is 25.3 Å². The maximum absolute atomic E-state index is 13.6. The molecule has 0 spiro atoms. The number of carbonyl (C=O) groups is 1. The molecule has 1 atom stereocenters. The standard InChI is InChI=1S/C26H32N2O2/c1-6-21-18-30-16-15-25(21)26(29)28(24-13-9-22(10-14-24)19(2)3)17-20-7-11-23(12-8-20)27(4)5/h6-14,18-19,25H,1,15-17H2,2-5H3. The Hall–Kier alpha value is -3.01. The van der Waals surface area contributed by atoms with Crippen molar-refractivity contribution >= 4 is 17.3 Å². The van der Waals surface area contributed by atoms with Gasteiger partial charge in [0.2, 0.25) is 5.91 Å². The first-order valence-corrected chi connectivity index (χ1v) is 10.5. The number of ether oxygens (including phenoxy) is 1. The van der Waals surface area contributed by atoms with Crippen molar-refractivity contribution in [2.45, 2.75) is 32.7 Å². The van der Waals surface area contributed by atoms with Crippen molar-refractivity contribution < 1.29 is 9.53 Å². The number of nitrogens with zero attached hydrogens (tertiary/aromatic N) is 2. The predicted octanol–water partition coefficient (Wildman–Crippen LogP) is 5.52. The predicted molar refractivity (Wildman–Crippen MR) is 125 cm³/mol. The highest BCUT2D eigenvalue weighted by Gasteiger charge is 2.29. The molecule has 1 heterocycles. The summed E-state index contributed by atoms with van der Waals surface area (Å²) in [4.78, 5) is 17.6. The van der Waals surface area contributed by atoms with Gasteiger partial charge < -0.3 is 14.5 Å². The zero-order valence-electron chi connectivity index (χ0n) is 18.5. The Morgan fingerprint density at radius 2 is 1.73 bits per heavy atom. The van der Waals surface area contributed by atoms with Crippen molar-refractivity contribution in [2.75, 3.05) is 30.5 Å². The minimum Gasteiger partial charge on any atom is -0.501 e. The van der Waals surface area contributed by atoms with E-state index in [1.807, 2.05) is 19.0 Å². The van der Waals surface area contributed by atoms with Gasteiger partial charge in [0, 0.05) is 25.5 Å². The molecule has 0 saturated heterocycles. The first-order chi connectivity index (χ1) is 14.4. The van der Waals surface area contributed by atoms with Crippen LogP contribution in [-0.4, -0.2) is 26.6 Å². The molecule has 1 aliphatic heterocycles. The van der Waals surface area contributed by atoms with Crippen LogP contribution in [0.25, 0.3) is 0 Å². The molecule has 30 heavy (non-hydrogen) atoms. The number of anilines is 2. The summed E-state index contributed by atoms with van der Waals surface area (Å²) in [6.45, 7) is 9.28. The maximum atomic E-state index is 13.6. The van der Waals surface area contributed by atoms with Crippen molar-refractivity contribution in [3.63, 3.8) is 0 Å². The highest BCUT2D eigenvalue weighted by Crippen LogP contribution is 2.29. The molecule has 0 N–H and O–H groups in total. The van der Waals surface area contributed by atoms with Gasteiger partial charge in [-0.3, -0.25) is 4.79 Å². The SMILES string of the molecule is C=CC1=COCCC1C(=O)N(Cc1ccc(N(C)C)cc1)c1ccc(C(C)C)cc1. The molecule has 0 aliphatic carbocycles. The Balaban J connectivity index is 1.93. The molecular formula is C26H32N2O2. The summed E-state index contributed by atoms with van der Waals surface area (Å²) in [5.41, 5.74) is 5.26. The second-order valence-electron chi connectivity index (χ2n) is 8.27. The number of hydrogen-bond acceptors (Lipinski definition) is 3. The zero-order valence-corrected chi connectivity index (χ0v) is 18.5. The van der Waals surface area contributed by atoms with E-state index in [1.54, 1.807) is 12.3 Å². The third kappa shape index (κ3) is 4.93. The fourth-order valence-corrected chi connectivity index (χ4v) is 3.65. The van der Waals surface area contributed by atoms with E-state index < -0.39 is 0 Å². The highest BCUT2D eigenvalue weighted by atomic mass is 16.5. The summed E-state index contributed by atoms with van der Waals surface area (Å²) >= 11 is 0. The van der Waals surface area contributed by atoms with Gasteiger partial charge in [0.25, 0.3) is 0 Å². The van der Waals surface area contributed by atoms with Gasteiger partial charge >= 0.3 is 0 Å². The Labute approximate surface area is 180 Å². The van der Waals surface area contributed by atoms with Crippen LogP contribution >= 0.6 is 0 Å². The molecule has 0 fully saturated rings. The van der Waals surface area contributed by atoms with Crippen molar-refractivity contribution in [2.24, 2.45) is 5.92 Å². The molecule has 2 aromatic rings. The van der Waals surface area contributed by atoms with Crippen LogP contribution in [0.4, 0.5) is 11.4 Å². The summed E-state index contributed by atoms with van der Waals surface area (Å²) in [5, 5.41) is 0. The van der Waals surface area contributed by atoms with Gasteiger partial charge in [-0.2, -0.15) is 0 Å². The minimum atomic E-state index is -0.234. The average Bonchev–Trinajstić information content (AvgIpc) is 2.77. The molecule has 0 bridgehead atoms. The smallest absolute Gasteiger partial charge is 0.235 e. The lowest BCUT2D eigenvalue weighted by Crippen LogP contribution is -2.38. The number of hydrogen-bond donors (Lipinski definition) is 0. The van der Waals surface area contributed by atoms with Crippen LogP contribution in [0.1, 0.15) is 37.3 Å². The van der Waals surface area contributed by atoms with Gasteiger partial charge in [-0.1, -0.05) is 50.8 Å². The normalized spacial score (nSPS) is 15.9. The fraction of sp³-hybridized carbons (Fsp3) is 0.346. The molecular weight excluding hydrogens is 372 g/mol. The van der Waals surface area contributed by atoms with E-state index in [0.29, 0.717) is 25.5 Å². The van der Waals surface area contributed by atoms with Crippen LogP contribution in [0.2, 0.25) is 0 Å². The molecule has 0 saturated carbocycles. The summed E-state index contributed by atoms with van der Waals surface area (Å²) in [7, 11) is 4.05. The van der Waals surface area contributed by atoms with Gasteiger partial charge in [0.1, 0.15) is 0 Å². The fourth-order valence-electron chi connectivity index (χ4n) is 3.65. The van der Waals surface area contributed by atoms with Gasteiger partial charge in [-0.15, -0.1) is 0 Å². The lowest BCUT2D eigenvalue weighted by atomic mass is 9.93. The van der Waals surface area contributed by atoms with Crippen molar-refractivity contribution in [1.82, 2.24) is 0 Å². The maximum Gasteiger partial charge on any atom is 0.235 e. The Kier molecular flexibility index (Phi) is 6.99. The Morgan fingerprint density at radius 1 is 1.10 bits per heavy atom.